The Bertz CT molecular complexity index is 1150. The minimum Gasteiger partial charge on any atom is -0.406 e. The summed E-state index contributed by atoms with van der Waals surface area (Å²) in [5.41, 5.74) is 0.858. The van der Waals surface area contributed by atoms with Gasteiger partial charge in [0.15, 0.2) is 0 Å². The van der Waals surface area contributed by atoms with Crippen molar-refractivity contribution in [2.24, 2.45) is 0 Å². The van der Waals surface area contributed by atoms with Crippen LogP contribution in [0.15, 0.2) is 48.5 Å². The highest BCUT2D eigenvalue weighted by atomic mass is 35.5. The van der Waals surface area contributed by atoms with Crippen LogP contribution in [0.4, 0.5) is 43.8 Å². The number of nitrogens with zero attached hydrogens (tertiary/aromatic N) is 2. The molecule has 0 aliphatic heterocycles. The second-order valence-electron chi connectivity index (χ2n) is 7.15. The van der Waals surface area contributed by atoms with E-state index in [4.69, 9.17) is 11.6 Å². The minimum absolute atomic E-state index is 0.0729. The average Bonchev–Trinajstić information content (AvgIpc) is 2.67. The highest BCUT2D eigenvalue weighted by Crippen LogP contribution is 2.34. The number of benzene rings is 2. The third kappa shape index (κ3) is 7.58. The topological polar surface area (TPSA) is 68.3 Å². The number of anilines is 3. The fraction of sp³-hybridized carbons (Fsp3) is 0.238. The van der Waals surface area contributed by atoms with Gasteiger partial charge in [-0.2, -0.15) is 4.98 Å². The molecule has 0 spiro atoms. The Hall–Kier alpha value is -3.41. The first-order valence-corrected chi connectivity index (χ1v) is 9.99. The number of hydrogen-bond acceptors (Lipinski definition) is 6. The maximum absolute atomic E-state index is 12.6. The van der Waals surface area contributed by atoms with Crippen LogP contribution in [0.3, 0.4) is 0 Å². The Morgan fingerprint density at radius 3 is 2.21 bits per heavy atom. The Morgan fingerprint density at radius 2 is 1.59 bits per heavy atom. The van der Waals surface area contributed by atoms with E-state index in [1.807, 2.05) is 13.8 Å². The van der Waals surface area contributed by atoms with Crippen LogP contribution in [0.25, 0.3) is 11.3 Å². The number of ether oxygens (including phenoxy) is 2. The monoisotopic (exact) mass is 506 g/mol. The summed E-state index contributed by atoms with van der Waals surface area (Å²) in [5, 5.41) is 5.59. The van der Waals surface area contributed by atoms with E-state index < -0.39 is 24.2 Å². The first-order valence-electron chi connectivity index (χ1n) is 9.61. The molecule has 2 aromatic carbocycles. The van der Waals surface area contributed by atoms with Gasteiger partial charge < -0.3 is 20.1 Å². The summed E-state index contributed by atoms with van der Waals surface area (Å²) in [5.74, 6) is -0.633. The number of alkyl halides is 6. The van der Waals surface area contributed by atoms with Crippen molar-refractivity contribution in [3.05, 3.63) is 53.6 Å². The van der Waals surface area contributed by atoms with E-state index >= 15 is 0 Å². The zero-order valence-electron chi connectivity index (χ0n) is 17.6. The second-order valence-corrected chi connectivity index (χ2v) is 7.56. The van der Waals surface area contributed by atoms with Gasteiger partial charge in [-0.05, 0) is 44.2 Å². The van der Waals surface area contributed by atoms with Gasteiger partial charge in [-0.25, -0.2) is 4.98 Å². The molecule has 0 amide bonds. The van der Waals surface area contributed by atoms with E-state index in [9.17, 15) is 26.3 Å². The standard InChI is InChI=1S/C21H17ClF6N4O2/c1-11(2)29-19-31-16(12-4-3-5-14(8-12)33-20(23,24)25)10-18(32-19)30-13-6-7-17(15(22)9-13)34-21(26,27)28/h3-11H,1-2H3,(H2,29,30,31,32). The first kappa shape index (κ1) is 25.2. The summed E-state index contributed by atoms with van der Waals surface area (Å²) in [6.45, 7) is 3.67. The number of aromatic nitrogens is 2. The van der Waals surface area contributed by atoms with Crippen LogP contribution >= 0.6 is 11.6 Å². The van der Waals surface area contributed by atoms with Crippen molar-refractivity contribution in [3.63, 3.8) is 0 Å². The molecular weight excluding hydrogens is 490 g/mol. The van der Waals surface area contributed by atoms with Gasteiger partial charge in [0.2, 0.25) is 5.95 Å². The van der Waals surface area contributed by atoms with Crippen molar-refractivity contribution in [1.82, 2.24) is 9.97 Å². The summed E-state index contributed by atoms with van der Waals surface area (Å²) in [6, 6.07) is 10.1. The molecular formula is C21H17ClF6N4O2. The molecule has 3 rings (SSSR count). The Kier molecular flexibility index (Phi) is 7.29. The van der Waals surface area contributed by atoms with Crippen molar-refractivity contribution in [1.29, 1.82) is 0 Å². The summed E-state index contributed by atoms with van der Waals surface area (Å²) in [6.07, 6.45) is -9.76. The lowest BCUT2D eigenvalue weighted by Crippen LogP contribution is -2.17. The van der Waals surface area contributed by atoms with Crippen LogP contribution in [-0.2, 0) is 0 Å². The predicted molar refractivity (Wildman–Crippen MR) is 114 cm³/mol. The fourth-order valence-electron chi connectivity index (χ4n) is 2.77. The van der Waals surface area contributed by atoms with Crippen molar-refractivity contribution in [2.75, 3.05) is 10.6 Å². The quantitative estimate of drug-likeness (QED) is 0.331. The summed E-state index contributed by atoms with van der Waals surface area (Å²) in [7, 11) is 0. The van der Waals surface area contributed by atoms with Gasteiger partial charge in [-0.1, -0.05) is 23.7 Å². The predicted octanol–water partition coefficient (Wildman–Crippen LogP) is 7.16. The van der Waals surface area contributed by atoms with Crippen LogP contribution in [-0.4, -0.2) is 28.7 Å². The third-order valence-corrected chi connectivity index (χ3v) is 4.23. The summed E-state index contributed by atoms with van der Waals surface area (Å²) < 4.78 is 82.9. The second kappa shape index (κ2) is 9.84. The fourth-order valence-corrected chi connectivity index (χ4v) is 2.99. The molecule has 3 aromatic rings. The summed E-state index contributed by atoms with van der Waals surface area (Å²) >= 11 is 5.88. The Morgan fingerprint density at radius 1 is 0.882 bits per heavy atom. The van der Waals surface area contributed by atoms with E-state index in [0.29, 0.717) is 5.56 Å². The van der Waals surface area contributed by atoms with E-state index in [2.05, 4.69) is 30.1 Å². The molecule has 0 fully saturated rings. The minimum atomic E-state index is -4.90. The molecule has 0 aliphatic rings. The molecule has 34 heavy (non-hydrogen) atoms. The number of nitrogens with one attached hydrogen (secondary N) is 2. The molecule has 0 atom stereocenters. The number of hydrogen-bond donors (Lipinski definition) is 2. The zero-order valence-corrected chi connectivity index (χ0v) is 18.3. The zero-order chi connectivity index (χ0) is 25.1. The van der Waals surface area contributed by atoms with E-state index in [1.165, 1.54) is 36.4 Å². The normalized spacial score (nSPS) is 11.9. The molecule has 1 aromatic heterocycles. The van der Waals surface area contributed by atoms with Crippen molar-refractivity contribution in [3.8, 4) is 22.8 Å². The van der Waals surface area contributed by atoms with Crippen molar-refractivity contribution >= 4 is 29.1 Å². The molecule has 0 unspecified atom stereocenters. The highest BCUT2D eigenvalue weighted by Gasteiger charge is 2.32. The van der Waals surface area contributed by atoms with Crippen LogP contribution in [0, 0.1) is 0 Å². The average molecular weight is 507 g/mol. The SMILES string of the molecule is CC(C)Nc1nc(Nc2ccc(OC(F)(F)F)c(Cl)c2)cc(-c2cccc(OC(F)(F)F)c2)n1. The van der Waals surface area contributed by atoms with Crippen LogP contribution in [0.2, 0.25) is 5.02 Å². The van der Waals surface area contributed by atoms with Crippen molar-refractivity contribution < 1.29 is 35.8 Å². The van der Waals surface area contributed by atoms with Crippen LogP contribution in [0.1, 0.15) is 13.8 Å². The molecule has 2 N–H and O–H groups in total. The molecule has 182 valence electrons. The molecule has 1 heterocycles. The molecule has 13 heteroatoms. The molecule has 0 bridgehead atoms. The molecule has 0 radical (unpaired) electrons. The van der Waals surface area contributed by atoms with E-state index in [0.717, 1.165) is 12.1 Å². The summed E-state index contributed by atoms with van der Waals surface area (Å²) in [4.78, 5) is 8.61. The molecule has 0 saturated carbocycles. The third-order valence-electron chi connectivity index (χ3n) is 3.94. The van der Waals surface area contributed by atoms with E-state index in [-0.39, 0.29) is 34.2 Å². The maximum atomic E-state index is 12.6. The Balaban J connectivity index is 1.94. The van der Waals surface area contributed by atoms with Gasteiger partial charge in [0, 0.05) is 23.4 Å². The largest absolute Gasteiger partial charge is 0.573 e. The van der Waals surface area contributed by atoms with E-state index in [1.54, 1.807) is 0 Å². The highest BCUT2D eigenvalue weighted by molar-refractivity contribution is 6.32. The molecule has 0 saturated heterocycles. The van der Waals surface area contributed by atoms with Gasteiger partial charge >= 0.3 is 12.7 Å². The van der Waals surface area contributed by atoms with Gasteiger partial charge in [0.1, 0.15) is 17.3 Å². The maximum Gasteiger partial charge on any atom is 0.573 e. The number of halogens is 7. The van der Waals surface area contributed by atoms with Gasteiger partial charge in [0.05, 0.1) is 10.7 Å². The van der Waals surface area contributed by atoms with Crippen LogP contribution in [0.5, 0.6) is 11.5 Å². The Labute approximate surface area is 194 Å². The molecule has 0 aliphatic carbocycles. The first-order chi connectivity index (χ1) is 15.8. The lowest BCUT2D eigenvalue weighted by Gasteiger charge is -2.15. The smallest absolute Gasteiger partial charge is 0.406 e. The number of rotatable bonds is 7. The lowest BCUT2D eigenvalue weighted by atomic mass is 10.1. The van der Waals surface area contributed by atoms with Crippen molar-refractivity contribution in [2.45, 2.75) is 32.6 Å². The van der Waals surface area contributed by atoms with Crippen LogP contribution < -0.4 is 20.1 Å². The molecule has 6 nitrogen and oxygen atoms in total. The van der Waals surface area contributed by atoms with Gasteiger partial charge in [-0.3, -0.25) is 0 Å². The lowest BCUT2D eigenvalue weighted by molar-refractivity contribution is -0.275. The van der Waals surface area contributed by atoms with Gasteiger partial charge in [0.25, 0.3) is 0 Å². The van der Waals surface area contributed by atoms with Gasteiger partial charge in [-0.15, -0.1) is 26.3 Å².